The second kappa shape index (κ2) is 20.4. The lowest BCUT2D eigenvalue weighted by Crippen LogP contribution is -2.65. The van der Waals surface area contributed by atoms with Crippen LogP contribution in [-0.2, 0) is 114 Å². The summed E-state index contributed by atoms with van der Waals surface area (Å²) in [6.45, 7) is 8.06. The standard InChI is InChI=1S/C39H50O24/c1-15(40)50-12-25-29(54-18(4)43)31(56-20(6)45)33(58-22(8)47)37(60-25)51-13-26-30(55-19(5)44)32(57-21(7)46)34(59-23(9)48)38(61-26)62-36-27-24(10-11-49-36)28(53-17(3)42)35-39(27,63-35)14-52-16(2)41/h10-11,24-38H,12-14H2,1-9H3/t24-,25-,26-,27-,28+,29+,30-,31+,32+,33-,34-,35+,36+,37+,38+,39-/m1/s1. The van der Waals surface area contributed by atoms with Gasteiger partial charge >= 0.3 is 53.7 Å². The van der Waals surface area contributed by atoms with Gasteiger partial charge in [0, 0.05) is 68.2 Å². The molecule has 63 heavy (non-hydrogen) atoms. The first-order valence-electron chi connectivity index (χ1n) is 19.7. The fourth-order valence-electron chi connectivity index (χ4n) is 8.11. The molecule has 0 radical (unpaired) electrons. The van der Waals surface area contributed by atoms with E-state index >= 15 is 0 Å². The zero-order valence-electron chi connectivity index (χ0n) is 35.7. The van der Waals surface area contributed by atoms with E-state index < -0.39 is 164 Å². The number of carbonyl (C=O) groups excluding carboxylic acids is 9. The number of rotatable bonds is 16. The summed E-state index contributed by atoms with van der Waals surface area (Å²) in [5.41, 5.74) is -1.30. The molecule has 3 saturated heterocycles. The summed E-state index contributed by atoms with van der Waals surface area (Å²) >= 11 is 0. The number of epoxide rings is 1. The maximum absolute atomic E-state index is 12.7. The van der Waals surface area contributed by atoms with E-state index in [-0.39, 0.29) is 6.61 Å². The Morgan fingerprint density at radius 1 is 0.476 bits per heavy atom. The highest BCUT2D eigenvalue weighted by Gasteiger charge is 2.78. The van der Waals surface area contributed by atoms with Crippen molar-refractivity contribution in [2.45, 2.75) is 148 Å². The van der Waals surface area contributed by atoms with Crippen molar-refractivity contribution in [2.75, 3.05) is 19.8 Å². The third-order valence-electron chi connectivity index (χ3n) is 10.2. The number of esters is 9. The predicted molar refractivity (Wildman–Crippen MR) is 195 cm³/mol. The quantitative estimate of drug-likeness (QED) is 0.106. The van der Waals surface area contributed by atoms with Gasteiger partial charge in [0.05, 0.1) is 18.8 Å². The molecule has 4 fully saturated rings. The molecule has 0 amide bonds. The average molecular weight is 903 g/mol. The Morgan fingerprint density at radius 2 is 0.905 bits per heavy atom. The van der Waals surface area contributed by atoms with Crippen LogP contribution in [0.15, 0.2) is 12.3 Å². The number of ether oxygens (including phenoxy) is 15. The smallest absolute Gasteiger partial charge is 0.303 e. The van der Waals surface area contributed by atoms with Gasteiger partial charge < -0.3 is 71.1 Å². The first kappa shape index (κ1) is 48.6. The molecule has 350 valence electrons. The van der Waals surface area contributed by atoms with Gasteiger partial charge in [0.2, 0.25) is 12.6 Å². The van der Waals surface area contributed by atoms with Crippen LogP contribution < -0.4 is 0 Å². The molecule has 1 saturated carbocycles. The van der Waals surface area contributed by atoms with Crippen molar-refractivity contribution in [3.63, 3.8) is 0 Å². The normalized spacial score (nSPS) is 36.0. The zero-order valence-corrected chi connectivity index (χ0v) is 35.7. The van der Waals surface area contributed by atoms with Crippen LogP contribution in [0.2, 0.25) is 0 Å². The molecule has 24 nitrogen and oxygen atoms in total. The van der Waals surface area contributed by atoms with Gasteiger partial charge in [-0.2, -0.15) is 0 Å². The summed E-state index contributed by atoms with van der Waals surface area (Å²) in [7, 11) is 0. The molecule has 24 heteroatoms. The maximum atomic E-state index is 12.7. The third kappa shape index (κ3) is 11.8. The van der Waals surface area contributed by atoms with Crippen LogP contribution in [0.25, 0.3) is 0 Å². The summed E-state index contributed by atoms with van der Waals surface area (Å²) in [4.78, 5) is 111. The summed E-state index contributed by atoms with van der Waals surface area (Å²) in [6.07, 6.45) is -16.5. The molecule has 5 rings (SSSR count). The van der Waals surface area contributed by atoms with Gasteiger partial charge in [-0.1, -0.05) is 0 Å². The summed E-state index contributed by atoms with van der Waals surface area (Å²) in [5.74, 6) is -9.03. The van der Waals surface area contributed by atoms with Crippen molar-refractivity contribution in [1.82, 2.24) is 0 Å². The highest BCUT2D eigenvalue weighted by atomic mass is 16.8. The highest BCUT2D eigenvalue weighted by molar-refractivity contribution is 5.70. The first-order valence-corrected chi connectivity index (χ1v) is 19.7. The number of fused-ring (bicyclic) bond motifs is 3. The Kier molecular flexibility index (Phi) is 15.7. The number of hydrogen-bond acceptors (Lipinski definition) is 24. The van der Waals surface area contributed by atoms with Crippen LogP contribution in [0, 0.1) is 11.8 Å². The molecule has 0 bridgehead atoms. The molecule has 16 atom stereocenters. The fraction of sp³-hybridized carbons (Fsp3) is 0.718. The van der Waals surface area contributed by atoms with Gasteiger partial charge in [0.1, 0.15) is 43.2 Å². The van der Waals surface area contributed by atoms with Crippen molar-refractivity contribution < 1.29 is 114 Å². The summed E-state index contributed by atoms with van der Waals surface area (Å²) in [5, 5.41) is 0. The molecule has 0 aromatic carbocycles. The molecule has 0 spiro atoms. The van der Waals surface area contributed by atoms with E-state index in [1.165, 1.54) is 20.1 Å². The van der Waals surface area contributed by atoms with Crippen molar-refractivity contribution >= 4 is 53.7 Å². The van der Waals surface area contributed by atoms with E-state index in [2.05, 4.69) is 0 Å². The summed E-state index contributed by atoms with van der Waals surface area (Å²) < 4.78 is 86.1. The van der Waals surface area contributed by atoms with Gasteiger partial charge in [-0.05, 0) is 6.08 Å². The van der Waals surface area contributed by atoms with E-state index in [1.54, 1.807) is 6.08 Å². The van der Waals surface area contributed by atoms with Crippen LogP contribution in [0.5, 0.6) is 0 Å². The minimum atomic E-state index is -1.78. The van der Waals surface area contributed by atoms with Gasteiger partial charge in [0.15, 0.2) is 42.9 Å². The third-order valence-corrected chi connectivity index (χ3v) is 10.2. The fourth-order valence-corrected chi connectivity index (χ4v) is 8.11. The van der Waals surface area contributed by atoms with Gasteiger partial charge in [0.25, 0.3) is 0 Å². The summed E-state index contributed by atoms with van der Waals surface area (Å²) in [6, 6.07) is 0. The minimum Gasteiger partial charge on any atom is -0.472 e. The largest absolute Gasteiger partial charge is 0.472 e. The Bertz CT molecular complexity index is 1810. The lowest BCUT2D eigenvalue weighted by molar-refractivity contribution is -0.357. The Labute approximate surface area is 359 Å². The second-order valence-electron chi connectivity index (χ2n) is 15.1. The van der Waals surface area contributed by atoms with E-state index in [1.807, 2.05) is 0 Å². The molecular formula is C39H50O24. The SMILES string of the molecule is CC(=O)OC[C@H]1O[C@H](OC[C@H]2O[C@@H](O[C@@H]3OC=C[C@H]4[C@H](OC(C)=O)[C@@H]5O[C@]5(COC(C)=O)[C@@H]34)[C@H](OC(C)=O)[C@@H](OC(C)=O)[C@@H]2OC(C)=O)[C@H](OC(C)=O)[C@@H](OC(C)=O)[C@H]1OC(C)=O. The number of hydrogen-bond donors (Lipinski definition) is 0. The second-order valence-corrected chi connectivity index (χ2v) is 15.1. The van der Waals surface area contributed by atoms with Crippen LogP contribution >= 0.6 is 0 Å². The molecule has 4 aliphatic heterocycles. The maximum Gasteiger partial charge on any atom is 0.303 e. The monoisotopic (exact) mass is 902 g/mol. The molecule has 5 aliphatic rings. The predicted octanol–water partition coefficient (Wildman–Crippen LogP) is -0.629. The Hall–Kier alpha value is -5.43. The van der Waals surface area contributed by atoms with Crippen LogP contribution in [0.1, 0.15) is 62.3 Å². The van der Waals surface area contributed by atoms with Crippen molar-refractivity contribution in [1.29, 1.82) is 0 Å². The van der Waals surface area contributed by atoms with E-state index in [4.69, 9.17) is 71.1 Å². The molecular weight excluding hydrogens is 852 g/mol. The number of carbonyl (C=O) groups is 9. The molecule has 0 aromatic heterocycles. The molecule has 0 aromatic rings. The Morgan fingerprint density at radius 3 is 1.40 bits per heavy atom. The van der Waals surface area contributed by atoms with Crippen molar-refractivity contribution in [3.8, 4) is 0 Å². The topological polar surface area (TPSA) is 295 Å². The van der Waals surface area contributed by atoms with Gasteiger partial charge in [-0.15, -0.1) is 0 Å². The molecule has 1 aliphatic carbocycles. The minimum absolute atomic E-state index is 0.307. The van der Waals surface area contributed by atoms with Crippen LogP contribution in [0.3, 0.4) is 0 Å². The average Bonchev–Trinajstić information content (AvgIpc) is 3.83. The molecule has 0 unspecified atom stereocenters. The van der Waals surface area contributed by atoms with E-state index in [9.17, 15) is 43.2 Å². The zero-order chi connectivity index (χ0) is 46.5. The van der Waals surface area contributed by atoms with Crippen LogP contribution in [-0.4, -0.2) is 159 Å². The van der Waals surface area contributed by atoms with E-state index in [0.717, 1.165) is 48.5 Å². The Balaban J connectivity index is 1.53. The highest BCUT2D eigenvalue weighted by Crippen LogP contribution is 2.61. The van der Waals surface area contributed by atoms with Gasteiger partial charge in [-0.25, -0.2) is 0 Å². The first-order chi connectivity index (χ1) is 29.6. The van der Waals surface area contributed by atoms with Gasteiger partial charge in [-0.3, -0.25) is 43.2 Å². The lowest BCUT2D eigenvalue weighted by atomic mass is 9.85. The van der Waals surface area contributed by atoms with E-state index in [0.29, 0.717) is 0 Å². The molecule has 0 N–H and O–H groups in total. The van der Waals surface area contributed by atoms with Crippen molar-refractivity contribution in [3.05, 3.63) is 12.3 Å². The lowest BCUT2D eigenvalue weighted by Gasteiger charge is -2.47. The van der Waals surface area contributed by atoms with Crippen molar-refractivity contribution in [2.24, 2.45) is 11.8 Å². The van der Waals surface area contributed by atoms with Crippen LogP contribution in [0.4, 0.5) is 0 Å². The molecule has 4 heterocycles.